The normalized spacial score (nSPS) is 19.1. The Morgan fingerprint density at radius 3 is 2.88 bits per heavy atom. The molecule has 1 aliphatic heterocycles. The molecule has 0 aliphatic carbocycles. The third-order valence-corrected chi connectivity index (χ3v) is 5.10. The highest BCUT2D eigenvalue weighted by Gasteiger charge is 2.21. The van der Waals surface area contributed by atoms with Crippen molar-refractivity contribution in [2.24, 2.45) is 4.99 Å². The summed E-state index contributed by atoms with van der Waals surface area (Å²) in [7, 11) is -1.22. The maximum absolute atomic E-state index is 11.3. The number of benzene rings is 1. The summed E-state index contributed by atoms with van der Waals surface area (Å²) in [5, 5.41) is 6.59. The van der Waals surface area contributed by atoms with Crippen LogP contribution in [0.15, 0.2) is 29.3 Å². The van der Waals surface area contributed by atoms with E-state index < -0.39 is 9.84 Å². The lowest BCUT2D eigenvalue weighted by molar-refractivity contribution is 0.267. The summed E-state index contributed by atoms with van der Waals surface area (Å²) in [6.07, 6.45) is 2.78. The Balaban J connectivity index is 1.86. The molecule has 0 saturated heterocycles. The zero-order valence-electron chi connectivity index (χ0n) is 14.6. The standard InChI is InChI=1S/C17H27N3O3S/c1-13(9-11-24(3,21)22)20-17(18-2)19-12-14-8-10-23-16-7-5-4-6-15(14)16/h4-7,13-14H,8-12H2,1-3H3,(H2,18,19,20). The first-order valence-corrected chi connectivity index (χ1v) is 10.3. The van der Waals surface area contributed by atoms with Gasteiger partial charge in [-0.05, 0) is 31.4 Å². The van der Waals surface area contributed by atoms with E-state index in [0.29, 0.717) is 18.3 Å². The quantitative estimate of drug-likeness (QED) is 0.599. The molecule has 0 fully saturated rings. The number of fused-ring (bicyclic) bond motifs is 1. The lowest BCUT2D eigenvalue weighted by atomic mass is 9.93. The van der Waals surface area contributed by atoms with E-state index in [9.17, 15) is 8.42 Å². The predicted molar refractivity (Wildman–Crippen MR) is 97.6 cm³/mol. The molecule has 0 spiro atoms. The number of para-hydroxylation sites is 1. The smallest absolute Gasteiger partial charge is 0.191 e. The van der Waals surface area contributed by atoms with Gasteiger partial charge in [-0.3, -0.25) is 4.99 Å². The molecule has 134 valence electrons. The van der Waals surface area contributed by atoms with E-state index in [2.05, 4.69) is 21.7 Å². The van der Waals surface area contributed by atoms with E-state index in [1.165, 1.54) is 11.8 Å². The lowest BCUT2D eigenvalue weighted by Crippen LogP contribution is -2.44. The Hall–Kier alpha value is -1.76. The van der Waals surface area contributed by atoms with Crippen molar-refractivity contribution in [1.82, 2.24) is 10.6 Å². The van der Waals surface area contributed by atoms with E-state index in [1.807, 2.05) is 25.1 Å². The third-order valence-electron chi connectivity index (χ3n) is 4.13. The topological polar surface area (TPSA) is 79.8 Å². The molecule has 1 heterocycles. The van der Waals surface area contributed by atoms with Crippen LogP contribution < -0.4 is 15.4 Å². The lowest BCUT2D eigenvalue weighted by Gasteiger charge is -2.27. The molecule has 0 amide bonds. The highest BCUT2D eigenvalue weighted by atomic mass is 32.2. The van der Waals surface area contributed by atoms with Crippen molar-refractivity contribution in [3.8, 4) is 5.75 Å². The fourth-order valence-corrected chi connectivity index (χ4v) is 3.52. The Labute approximate surface area is 144 Å². The van der Waals surface area contributed by atoms with Crippen LogP contribution >= 0.6 is 0 Å². The number of nitrogens with one attached hydrogen (secondary N) is 2. The molecular weight excluding hydrogens is 326 g/mol. The Morgan fingerprint density at radius 2 is 2.17 bits per heavy atom. The highest BCUT2D eigenvalue weighted by Crippen LogP contribution is 2.32. The van der Waals surface area contributed by atoms with E-state index in [-0.39, 0.29) is 11.8 Å². The number of hydrogen-bond acceptors (Lipinski definition) is 4. The van der Waals surface area contributed by atoms with Gasteiger partial charge in [-0.1, -0.05) is 18.2 Å². The monoisotopic (exact) mass is 353 g/mol. The van der Waals surface area contributed by atoms with Crippen molar-refractivity contribution < 1.29 is 13.2 Å². The third kappa shape index (κ3) is 5.70. The largest absolute Gasteiger partial charge is 0.493 e. The van der Waals surface area contributed by atoms with E-state index >= 15 is 0 Å². The zero-order valence-corrected chi connectivity index (χ0v) is 15.4. The van der Waals surface area contributed by atoms with Crippen LogP contribution in [0, 0.1) is 0 Å². The predicted octanol–water partition coefficient (Wildman–Crippen LogP) is 1.54. The molecule has 2 N–H and O–H groups in total. The summed E-state index contributed by atoms with van der Waals surface area (Å²) in [4.78, 5) is 4.23. The molecule has 0 saturated carbocycles. The van der Waals surface area contributed by atoms with Gasteiger partial charge in [0.2, 0.25) is 0 Å². The molecule has 1 aliphatic rings. The SMILES string of the molecule is CN=C(NCC1CCOc2ccccc21)NC(C)CCS(C)(=O)=O. The number of sulfone groups is 1. The summed E-state index contributed by atoms with van der Waals surface area (Å²) < 4.78 is 28.2. The number of rotatable bonds is 6. The average molecular weight is 353 g/mol. The molecule has 0 radical (unpaired) electrons. The van der Waals surface area contributed by atoms with Gasteiger partial charge >= 0.3 is 0 Å². The maximum Gasteiger partial charge on any atom is 0.191 e. The van der Waals surface area contributed by atoms with Gasteiger partial charge in [0.1, 0.15) is 15.6 Å². The van der Waals surface area contributed by atoms with Crippen molar-refractivity contribution in [3.63, 3.8) is 0 Å². The number of guanidine groups is 1. The average Bonchev–Trinajstić information content (AvgIpc) is 2.56. The van der Waals surface area contributed by atoms with E-state index in [4.69, 9.17) is 4.74 Å². The van der Waals surface area contributed by atoms with E-state index in [0.717, 1.165) is 25.3 Å². The summed E-state index contributed by atoms with van der Waals surface area (Å²) in [5.41, 5.74) is 1.22. The molecule has 24 heavy (non-hydrogen) atoms. The fraction of sp³-hybridized carbons (Fsp3) is 0.588. The highest BCUT2D eigenvalue weighted by molar-refractivity contribution is 7.90. The van der Waals surface area contributed by atoms with Crippen molar-refractivity contribution in [3.05, 3.63) is 29.8 Å². The number of aliphatic imine (C=N–C) groups is 1. The van der Waals surface area contributed by atoms with Crippen LogP contribution in [-0.2, 0) is 9.84 Å². The minimum absolute atomic E-state index is 0.0351. The summed E-state index contributed by atoms with van der Waals surface area (Å²) in [6, 6.07) is 8.15. The second-order valence-corrected chi connectivity index (χ2v) is 8.55. The van der Waals surface area contributed by atoms with Gasteiger partial charge in [0.05, 0.1) is 12.4 Å². The van der Waals surface area contributed by atoms with Crippen LogP contribution in [-0.4, -0.2) is 52.6 Å². The van der Waals surface area contributed by atoms with Crippen LogP contribution in [0.4, 0.5) is 0 Å². The van der Waals surface area contributed by atoms with Crippen LogP contribution in [0.3, 0.4) is 0 Å². The van der Waals surface area contributed by atoms with Crippen LogP contribution in [0.25, 0.3) is 0 Å². The van der Waals surface area contributed by atoms with E-state index in [1.54, 1.807) is 7.05 Å². The van der Waals surface area contributed by atoms with Crippen LogP contribution in [0.2, 0.25) is 0 Å². The van der Waals surface area contributed by atoms with Gasteiger partial charge < -0.3 is 15.4 Å². The first kappa shape index (κ1) is 18.6. The number of nitrogens with zero attached hydrogens (tertiary/aromatic N) is 1. The first-order valence-electron chi connectivity index (χ1n) is 8.25. The minimum atomic E-state index is -2.94. The molecule has 0 aromatic heterocycles. The molecule has 2 atom stereocenters. The maximum atomic E-state index is 11.3. The molecule has 1 aromatic carbocycles. The van der Waals surface area contributed by atoms with Gasteiger partial charge in [-0.25, -0.2) is 8.42 Å². The number of hydrogen-bond donors (Lipinski definition) is 2. The molecule has 2 rings (SSSR count). The fourth-order valence-electron chi connectivity index (χ4n) is 2.74. The summed E-state index contributed by atoms with van der Waals surface area (Å²) >= 11 is 0. The van der Waals surface area contributed by atoms with Crippen molar-refractivity contribution in [1.29, 1.82) is 0 Å². The Kier molecular flexibility index (Phi) is 6.48. The van der Waals surface area contributed by atoms with Crippen molar-refractivity contribution in [2.75, 3.05) is 32.2 Å². The Bertz CT molecular complexity index is 673. The van der Waals surface area contributed by atoms with Gasteiger partial charge in [0.15, 0.2) is 5.96 Å². The summed E-state index contributed by atoms with van der Waals surface area (Å²) in [6.45, 7) is 3.45. The van der Waals surface area contributed by atoms with Gasteiger partial charge in [-0.15, -0.1) is 0 Å². The van der Waals surface area contributed by atoms with Gasteiger partial charge in [0, 0.05) is 31.8 Å². The zero-order chi connectivity index (χ0) is 17.6. The molecule has 1 aromatic rings. The second kappa shape index (κ2) is 8.37. The van der Waals surface area contributed by atoms with Gasteiger partial charge in [-0.2, -0.15) is 0 Å². The molecule has 6 nitrogen and oxygen atoms in total. The van der Waals surface area contributed by atoms with Crippen LogP contribution in [0.5, 0.6) is 5.75 Å². The minimum Gasteiger partial charge on any atom is -0.493 e. The summed E-state index contributed by atoms with van der Waals surface area (Å²) in [5.74, 6) is 2.20. The Morgan fingerprint density at radius 1 is 1.42 bits per heavy atom. The van der Waals surface area contributed by atoms with Crippen LogP contribution in [0.1, 0.15) is 31.2 Å². The number of ether oxygens (including phenoxy) is 1. The molecule has 7 heteroatoms. The van der Waals surface area contributed by atoms with Crippen molar-refractivity contribution >= 4 is 15.8 Å². The molecule has 2 unspecified atom stereocenters. The molecular formula is C17H27N3O3S. The molecule has 0 bridgehead atoms. The second-order valence-electron chi connectivity index (χ2n) is 6.29. The van der Waals surface area contributed by atoms with Crippen molar-refractivity contribution in [2.45, 2.75) is 31.7 Å². The first-order chi connectivity index (χ1) is 11.4. The van der Waals surface area contributed by atoms with Gasteiger partial charge in [0.25, 0.3) is 0 Å².